The number of allylic oxidation sites excluding steroid dienone is 2. The van der Waals surface area contributed by atoms with Crippen LogP contribution in [-0.4, -0.2) is 0 Å². The van der Waals surface area contributed by atoms with Gasteiger partial charge in [0.25, 0.3) is 0 Å². The van der Waals surface area contributed by atoms with Gasteiger partial charge in [0.05, 0.1) is 0 Å². The molecule has 1 saturated carbocycles. The van der Waals surface area contributed by atoms with Crippen LogP contribution in [0.25, 0.3) is 0 Å². The molecule has 0 radical (unpaired) electrons. The summed E-state index contributed by atoms with van der Waals surface area (Å²) in [6.07, 6.45) is 19.2. The lowest BCUT2D eigenvalue weighted by Gasteiger charge is -2.14. The summed E-state index contributed by atoms with van der Waals surface area (Å²) in [6.45, 7) is 2.23. The second kappa shape index (κ2) is 8.08. The molecule has 0 aromatic heterocycles. The third-order valence-electron chi connectivity index (χ3n) is 3.29. The molecule has 0 aromatic rings. The molecule has 1 rings (SSSR count). The zero-order valence-electron chi connectivity index (χ0n) is 9.80. The van der Waals surface area contributed by atoms with Crippen molar-refractivity contribution in [2.24, 2.45) is 5.92 Å². The lowest BCUT2D eigenvalue weighted by Crippen LogP contribution is -1.99. The van der Waals surface area contributed by atoms with Crippen molar-refractivity contribution in [3.8, 4) is 0 Å². The molecule has 0 nitrogen and oxygen atoms in total. The Bertz CT molecular complexity index is 136. The smallest absolute Gasteiger partial charge is 0.0234 e. The lowest BCUT2D eigenvalue weighted by atomic mass is 9.92. The summed E-state index contributed by atoms with van der Waals surface area (Å²) in [6, 6.07) is 0. The maximum absolute atomic E-state index is 2.47. The maximum Gasteiger partial charge on any atom is -0.0234 e. The largest absolute Gasteiger partial charge is 0.0885 e. The average Bonchev–Trinajstić information content (AvgIpc) is 2.23. The fourth-order valence-corrected chi connectivity index (χ4v) is 2.36. The molecule has 0 atom stereocenters. The third kappa shape index (κ3) is 5.47. The Balaban J connectivity index is 2.26. The summed E-state index contributed by atoms with van der Waals surface area (Å²) in [5, 5.41) is 0. The van der Waals surface area contributed by atoms with Gasteiger partial charge in [-0.2, -0.15) is 0 Å². The molecule has 0 bridgehead atoms. The van der Waals surface area contributed by atoms with Gasteiger partial charge in [0.1, 0.15) is 0 Å². The molecule has 0 N–H and O–H groups in total. The summed E-state index contributed by atoms with van der Waals surface area (Å²) in [4.78, 5) is 0. The third-order valence-corrected chi connectivity index (χ3v) is 3.29. The van der Waals surface area contributed by atoms with E-state index in [2.05, 4.69) is 19.1 Å². The van der Waals surface area contributed by atoms with Crippen molar-refractivity contribution in [1.29, 1.82) is 0 Å². The molecule has 0 aromatic carbocycles. The minimum absolute atomic E-state index is 0.896. The van der Waals surface area contributed by atoms with E-state index in [1.54, 1.807) is 0 Å². The van der Waals surface area contributed by atoms with Crippen molar-refractivity contribution in [2.75, 3.05) is 0 Å². The van der Waals surface area contributed by atoms with E-state index in [-0.39, 0.29) is 0 Å². The van der Waals surface area contributed by atoms with E-state index in [0.717, 1.165) is 5.92 Å². The van der Waals surface area contributed by atoms with Crippen LogP contribution in [0.5, 0.6) is 0 Å². The molecular weight excluding hydrogens is 168 g/mol. The molecule has 0 spiro atoms. The van der Waals surface area contributed by atoms with Crippen LogP contribution in [-0.2, 0) is 0 Å². The van der Waals surface area contributed by atoms with Crippen LogP contribution in [0.4, 0.5) is 0 Å². The van der Waals surface area contributed by atoms with Crippen LogP contribution in [0.2, 0.25) is 0 Å². The van der Waals surface area contributed by atoms with E-state index < -0.39 is 0 Å². The Morgan fingerprint density at radius 3 is 1.86 bits per heavy atom. The Morgan fingerprint density at radius 2 is 1.36 bits per heavy atom. The van der Waals surface area contributed by atoms with Crippen LogP contribution in [0.1, 0.15) is 71.1 Å². The first-order valence-electron chi connectivity index (χ1n) is 6.60. The van der Waals surface area contributed by atoms with Crippen LogP contribution < -0.4 is 0 Å². The van der Waals surface area contributed by atoms with Crippen molar-refractivity contribution in [3.05, 3.63) is 12.2 Å². The van der Waals surface area contributed by atoms with Crippen molar-refractivity contribution in [3.63, 3.8) is 0 Å². The molecule has 0 saturated heterocycles. The Morgan fingerprint density at radius 1 is 0.857 bits per heavy atom. The van der Waals surface area contributed by atoms with Crippen molar-refractivity contribution >= 4 is 0 Å². The number of hydrogen-bond donors (Lipinski definition) is 0. The predicted molar refractivity (Wildman–Crippen MR) is 64.5 cm³/mol. The van der Waals surface area contributed by atoms with Gasteiger partial charge >= 0.3 is 0 Å². The number of rotatable bonds is 2. The molecule has 0 heterocycles. The van der Waals surface area contributed by atoms with Gasteiger partial charge in [0.2, 0.25) is 0 Å². The topological polar surface area (TPSA) is 0 Å². The minimum atomic E-state index is 0.896. The second-order valence-corrected chi connectivity index (χ2v) is 4.65. The molecule has 14 heavy (non-hydrogen) atoms. The van der Waals surface area contributed by atoms with Gasteiger partial charge in [-0.05, 0) is 25.2 Å². The predicted octanol–water partition coefficient (Wildman–Crippen LogP) is 5.09. The molecular formula is C14H26. The SMILES string of the molecule is CC/C=C/C1CCCCCCCCC1. The zero-order valence-corrected chi connectivity index (χ0v) is 9.80. The fourth-order valence-electron chi connectivity index (χ4n) is 2.36. The Hall–Kier alpha value is -0.260. The Labute approximate surface area is 89.8 Å². The normalized spacial score (nSPS) is 22.6. The molecule has 1 aliphatic rings. The molecule has 0 amide bonds. The Kier molecular flexibility index (Phi) is 6.82. The molecule has 82 valence electrons. The quantitative estimate of drug-likeness (QED) is 0.537. The molecule has 0 aliphatic heterocycles. The van der Waals surface area contributed by atoms with Crippen molar-refractivity contribution in [1.82, 2.24) is 0 Å². The van der Waals surface area contributed by atoms with Crippen LogP contribution >= 0.6 is 0 Å². The zero-order chi connectivity index (χ0) is 10.1. The van der Waals surface area contributed by atoms with E-state index in [4.69, 9.17) is 0 Å². The summed E-state index contributed by atoms with van der Waals surface area (Å²) >= 11 is 0. The molecule has 0 unspecified atom stereocenters. The van der Waals surface area contributed by atoms with E-state index in [9.17, 15) is 0 Å². The van der Waals surface area contributed by atoms with Gasteiger partial charge in [-0.25, -0.2) is 0 Å². The number of hydrogen-bond acceptors (Lipinski definition) is 0. The van der Waals surface area contributed by atoms with Gasteiger partial charge in [0, 0.05) is 0 Å². The van der Waals surface area contributed by atoms with E-state index in [1.165, 1.54) is 64.2 Å². The summed E-state index contributed by atoms with van der Waals surface area (Å²) in [5.41, 5.74) is 0. The van der Waals surface area contributed by atoms with Crippen LogP contribution in [0, 0.1) is 5.92 Å². The van der Waals surface area contributed by atoms with Gasteiger partial charge in [-0.3, -0.25) is 0 Å². The van der Waals surface area contributed by atoms with E-state index in [1.807, 2.05) is 0 Å². The van der Waals surface area contributed by atoms with E-state index >= 15 is 0 Å². The van der Waals surface area contributed by atoms with Crippen molar-refractivity contribution in [2.45, 2.75) is 71.1 Å². The average molecular weight is 194 g/mol. The highest BCUT2D eigenvalue weighted by atomic mass is 14.1. The molecule has 1 aliphatic carbocycles. The molecule has 0 heteroatoms. The van der Waals surface area contributed by atoms with Gasteiger partial charge in [0.15, 0.2) is 0 Å². The fraction of sp³-hybridized carbons (Fsp3) is 0.857. The minimum Gasteiger partial charge on any atom is -0.0885 e. The second-order valence-electron chi connectivity index (χ2n) is 4.65. The molecule has 1 fully saturated rings. The standard InChI is InChI=1S/C14H26/c1-2-3-11-14-12-9-7-5-4-6-8-10-13-14/h3,11,14H,2,4-10,12-13H2,1H3/b11-3+. The van der Waals surface area contributed by atoms with Gasteiger partial charge in [-0.15, -0.1) is 0 Å². The van der Waals surface area contributed by atoms with Crippen LogP contribution in [0.3, 0.4) is 0 Å². The first-order chi connectivity index (χ1) is 6.93. The first-order valence-corrected chi connectivity index (χ1v) is 6.60. The van der Waals surface area contributed by atoms with Crippen LogP contribution in [0.15, 0.2) is 12.2 Å². The van der Waals surface area contributed by atoms with E-state index in [0.29, 0.717) is 0 Å². The monoisotopic (exact) mass is 194 g/mol. The highest BCUT2D eigenvalue weighted by molar-refractivity contribution is 4.87. The lowest BCUT2D eigenvalue weighted by molar-refractivity contribution is 0.443. The first kappa shape index (κ1) is 11.8. The summed E-state index contributed by atoms with van der Waals surface area (Å²) < 4.78 is 0. The van der Waals surface area contributed by atoms with Crippen molar-refractivity contribution < 1.29 is 0 Å². The maximum atomic E-state index is 2.47. The summed E-state index contributed by atoms with van der Waals surface area (Å²) in [5.74, 6) is 0.896. The highest BCUT2D eigenvalue weighted by Gasteiger charge is 2.06. The highest BCUT2D eigenvalue weighted by Crippen LogP contribution is 2.22. The summed E-state index contributed by atoms with van der Waals surface area (Å²) in [7, 11) is 0. The van der Waals surface area contributed by atoms with Gasteiger partial charge in [-0.1, -0.05) is 64.0 Å². The van der Waals surface area contributed by atoms with Gasteiger partial charge < -0.3 is 0 Å².